The topological polar surface area (TPSA) is 30.5 Å². The van der Waals surface area contributed by atoms with Crippen molar-refractivity contribution in [2.75, 3.05) is 26.8 Å². The molecule has 0 bridgehead atoms. The first-order valence-corrected chi connectivity index (χ1v) is 11.2. The summed E-state index contributed by atoms with van der Waals surface area (Å²) in [5, 5.41) is 3.36. The number of alkyl halides is 3. The lowest BCUT2D eigenvalue weighted by molar-refractivity contribution is -0.137. The molecule has 0 atom stereocenters. The number of methoxy groups -OCH3 is 1. The maximum Gasteiger partial charge on any atom is 0.416 e. The molecular formula is C27H27F4NO2. The maximum atomic E-state index is 13.9. The maximum absolute atomic E-state index is 13.9. The molecule has 7 heteroatoms. The van der Waals surface area contributed by atoms with Crippen molar-refractivity contribution in [1.29, 1.82) is 0 Å². The molecule has 1 aliphatic rings. The van der Waals surface area contributed by atoms with E-state index >= 15 is 0 Å². The van der Waals surface area contributed by atoms with Gasteiger partial charge in [-0.25, -0.2) is 4.39 Å². The van der Waals surface area contributed by atoms with E-state index in [0.29, 0.717) is 17.9 Å². The summed E-state index contributed by atoms with van der Waals surface area (Å²) in [7, 11) is 1.40. The van der Waals surface area contributed by atoms with E-state index in [0.717, 1.165) is 38.1 Å². The second-order valence-electron chi connectivity index (χ2n) is 8.65. The molecule has 3 aromatic rings. The zero-order valence-electron chi connectivity index (χ0n) is 18.9. The van der Waals surface area contributed by atoms with Crippen molar-refractivity contribution < 1.29 is 27.0 Å². The van der Waals surface area contributed by atoms with Crippen molar-refractivity contribution in [2.24, 2.45) is 0 Å². The minimum atomic E-state index is -4.55. The van der Waals surface area contributed by atoms with Gasteiger partial charge in [-0.1, -0.05) is 30.3 Å². The average molecular weight is 474 g/mol. The molecule has 0 aliphatic carbocycles. The number of nitrogens with one attached hydrogen (secondary N) is 1. The molecule has 3 nitrogen and oxygen atoms in total. The van der Waals surface area contributed by atoms with Gasteiger partial charge in [0.2, 0.25) is 0 Å². The minimum Gasteiger partial charge on any atom is -0.496 e. The van der Waals surface area contributed by atoms with Gasteiger partial charge in [0.05, 0.1) is 25.9 Å². The van der Waals surface area contributed by atoms with Crippen LogP contribution >= 0.6 is 0 Å². The van der Waals surface area contributed by atoms with Crippen molar-refractivity contribution in [3.8, 4) is 16.9 Å². The van der Waals surface area contributed by atoms with Crippen LogP contribution in [0.1, 0.15) is 29.5 Å². The van der Waals surface area contributed by atoms with Crippen molar-refractivity contribution in [3.63, 3.8) is 0 Å². The molecule has 1 heterocycles. The lowest BCUT2D eigenvalue weighted by Gasteiger charge is -2.38. The Morgan fingerprint density at radius 2 is 1.68 bits per heavy atom. The molecule has 0 amide bonds. The molecule has 180 valence electrons. The molecular weight excluding hydrogens is 446 g/mol. The standard InChI is InChI=1S/C27H27F4NO2/c1-33-25-8-7-23(28)16-24(25)20-13-19(14-22(15-20)27(29,30)31)17-34-18-26(9-11-32-12-10-26)21-5-3-2-4-6-21/h2-8,13-16,32H,9-12,17-18H2,1H3. The summed E-state index contributed by atoms with van der Waals surface area (Å²) in [6.45, 7) is 2.11. The van der Waals surface area contributed by atoms with Crippen LogP contribution in [-0.4, -0.2) is 26.8 Å². The van der Waals surface area contributed by atoms with Gasteiger partial charge < -0.3 is 14.8 Å². The normalized spacial score (nSPS) is 15.8. The van der Waals surface area contributed by atoms with Crippen LogP contribution < -0.4 is 10.1 Å². The Morgan fingerprint density at radius 1 is 0.941 bits per heavy atom. The Labute approximate surface area is 196 Å². The second kappa shape index (κ2) is 10.2. The summed E-state index contributed by atoms with van der Waals surface area (Å²) in [6.07, 6.45) is -2.79. The number of rotatable bonds is 7. The van der Waals surface area contributed by atoms with Crippen LogP contribution in [-0.2, 0) is 22.9 Å². The number of piperidine rings is 1. The molecule has 0 spiro atoms. The molecule has 0 radical (unpaired) electrons. The van der Waals surface area contributed by atoms with Crippen LogP contribution in [0.3, 0.4) is 0 Å². The quantitative estimate of drug-likeness (QED) is 0.405. The summed E-state index contributed by atoms with van der Waals surface area (Å²) in [6, 6.07) is 17.6. The third-order valence-electron chi connectivity index (χ3n) is 6.39. The Kier molecular flexibility index (Phi) is 7.24. The van der Waals surface area contributed by atoms with Gasteiger partial charge in [-0.15, -0.1) is 0 Å². The predicted molar refractivity (Wildman–Crippen MR) is 123 cm³/mol. The van der Waals surface area contributed by atoms with Crippen molar-refractivity contribution in [2.45, 2.75) is 31.0 Å². The third kappa shape index (κ3) is 5.42. The van der Waals surface area contributed by atoms with Crippen LogP contribution in [0, 0.1) is 5.82 Å². The first-order valence-electron chi connectivity index (χ1n) is 11.2. The van der Waals surface area contributed by atoms with E-state index in [-0.39, 0.29) is 23.1 Å². The number of benzene rings is 3. The highest BCUT2D eigenvalue weighted by atomic mass is 19.4. The lowest BCUT2D eigenvalue weighted by Crippen LogP contribution is -2.43. The van der Waals surface area contributed by atoms with E-state index in [9.17, 15) is 17.6 Å². The Balaban J connectivity index is 1.62. The fraction of sp³-hybridized carbons (Fsp3) is 0.333. The zero-order valence-corrected chi connectivity index (χ0v) is 18.9. The largest absolute Gasteiger partial charge is 0.496 e. The van der Waals surface area contributed by atoms with E-state index in [4.69, 9.17) is 9.47 Å². The van der Waals surface area contributed by atoms with E-state index in [1.165, 1.54) is 30.9 Å². The van der Waals surface area contributed by atoms with Crippen LogP contribution in [0.2, 0.25) is 0 Å². The molecule has 0 aromatic heterocycles. The highest BCUT2D eigenvalue weighted by Crippen LogP contribution is 2.38. The summed E-state index contributed by atoms with van der Waals surface area (Å²) in [5.41, 5.74) is 1.02. The zero-order chi connectivity index (χ0) is 24.2. The summed E-state index contributed by atoms with van der Waals surface area (Å²) >= 11 is 0. The molecule has 1 N–H and O–H groups in total. The van der Waals surface area contributed by atoms with Crippen molar-refractivity contribution in [3.05, 3.63) is 89.2 Å². The van der Waals surface area contributed by atoms with Crippen LogP contribution in [0.5, 0.6) is 5.75 Å². The predicted octanol–water partition coefficient (Wildman–Crippen LogP) is 6.36. The SMILES string of the molecule is COc1ccc(F)cc1-c1cc(COCC2(c3ccccc3)CCNCC2)cc(C(F)(F)F)c1. The minimum absolute atomic E-state index is 0.0105. The third-order valence-corrected chi connectivity index (χ3v) is 6.39. The van der Waals surface area contributed by atoms with Crippen molar-refractivity contribution in [1.82, 2.24) is 5.32 Å². The van der Waals surface area contributed by atoms with Gasteiger partial charge in [0.1, 0.15) is 11.6 Å². The van der Waals surface area contributed by atoms with Crippen LogP contribution in [0.25, 0.3) is 11.1 Å². The van der Waals surface area contributed by atoms with E-state index < -0.39 is 17.6 Å². The van der Waals surface area contributed by atoms with E-state index in [1.54, 1.807) is 6.07 Å². The molecule has 34 heavy (non-hydrogen) atoms. The Hall–Kier alpha value is -2.90. The van der Waals surface area contributed by atoms with Gasteiger partial charge in [-0.05, 0) is 79.0 Å². The Morgan fingerprint density at radius 3 is 2.35 bits per heavy atom. The van der Waals surface area contributed by atoms with Gasteiger partial charge in [-0.2, -0.15) is 13.2 Å². The molecule has 0 unspecified atom stereocenters. The van der Waals surface area contributed by atoms with Crippen LogP contribution in [0.4, 0.5) is 17.6 Å². The van der Waals surface area contributed by atoms with Gasteiger partial charge >= 0.3 is 6.18 Å². The van der Waals surface area contributed by atoms with Gasteiger partial charge in [0, 0.05) is 11.0 Å². The number of hydrogen-bond acceptors (Lipinski definition) is 3. The molecule has 1 aliphatic heterocycles. The monoisotopic (exact) mass is 473 g/mol. The van der Waals surface area contributed by atoms with Crippen LogP contribution in [0.15, 0.2) is 66.7 Å². The highest BCUT2D eigenvalue weighted by molar-refractivity contribution is 5.72. The summed E-state index contributed by atoms with van der Waals surface area (Å²) in [5.74, 6) is -0.257. The molecule has 4 rings (SSSR count). The number of ether oxygens (including phenoxy) is 2. The number of halogens is 4. The molecule has 0 saturated carbocycles. The van der Waals surface area contributed by atoms with Gasteiger partial charge in [-0.3, -0.25) is 0 Å². The molecule has 3 aromatic carbocycles. The first-order chi connectivity index (χ1) is 16.3. The van der Waals surface area contributed by atoms with E-state index in [2.05, 4.69) is 17.4 Å². The van der Waals surface area contributed by atoms with Gasteiger partial charge in [0.25, 0.3) is 0 Å². The molecule has 1 saturated heterocycles. The Bertz CT molecular complexity index is 1110. The first kappa shape index (κ1) is 24.2. The summed E-state index contributed by atoms with van der Waals surface area (Å²) < 4.78 is 66.2. The second-order valence-corrected chi connectivity index (χ2v) is 8.65. The highest BCUT2D eigenvalue weighted by Gasteiger charge is 2.35. The fourth-order valence-electron chi connectivity index (χ4n) is 4.58. The lowest BCUT2D eigenvalue weighted by atomic mass is 9.74. The van der Waals surface area contributed by atoms with Crippen molar-refractivity contribution >= 4 is 0 Å². The summed E-state index contributed by atoms with van der Waals surface area (Å²) in [4.78, 5) is 0. The smallest absolute Gasteiger partial charge is 0.416 e. The fourth-order valence-corrected chi connectivity index (χ4v) is 4.58. The molecule has 1 fully saturated rings. The average Bonchev–Trinajstić information content (AvgIpc) is 2.84. The number of hydrogen-bond donors (Lipinski definition) is 1. The van der Waals surface area contributed by atoms with Gasteiger partial charge in [0.15, 0.2) is 0 Å². The van der Waals surface area contributed by atoms with E-state index in [1.807, 2.05) is 18.2 Å².